The summed E-state index contributed by atoms with van der Waals surface area (Å²) in [7, 11) is -4.46. The largest absolute Gasteiger partial charge is 0.478 e. The molecule has 0 bridgehead atoms. The Labute approximate surface area is 123 Å². The van der Waals surface area contributed by atoms with E-state index in [1.54, 1.807) is 0 Å². The summed E-state index contributed by atoms with van der Waals surface area (Å²) in [4.78, 5) is 21.2. The summed E-state index contributed by atoms with van der Waals surface area (Å²) in [6.07, 6.45) is 0.103. The topological polar surface area (TPSA) is 110 Å². The Morgan fingerprint density at radius 1 is 1.48 bits per heavy atom. The number of halogens is 2. The molecule has 0 amide bonds. The molecule has 7 nitrogen and oxygen atoms in total. The van der Waals surface area contributed by atoms with Crippen molar-refractivity contribution in [2.75, 3.05) is 6.61 Å². The highest BCUT2D eigenvalue weighted by Crippen LogP contribution is 2.24. The zero-order valence-electron chi connectivity index (χ0n) is 10.3. The predicted molar refractivity (Wildman–Crippen MR) is 68.1 cm³/mol. The molecule has 1 aliphatic heterocycles. The smallest absolute Gasteiger partial charge is 0.338 e. The second-order valence-corrected chi connectivity index (χ2v) is 6.32. The normalized spacial score (nSPS) is 18.6. The van der Waals surface area contributed by atoms with Crippen LogP contribution in [0.5, 0.6) is 0 Å². The van der Waals surface area contributed by atoms with Gasteiger partial charge in [-0.2, -0.15) is 4.72 Å². The van der Waals surface area contributed by atoms with E-state index in [9.17, 15) is 22.4 Å². The number of carbonyl (C=O) groups is 2. The number of carboxylic acid groups (broad SMARTS) is 1. The third-order valence-electron chi connectivity index (χ3n) is 2.76. The zero-order valence-corrected chi connectivity index (χ0v) is 11.9. The van der Waals surface area contributed by atoms with Crippen LogP contribution in [0, 0.1) is 5.82 Å². The van der Waals surface area contributed by atoms with Crippen molar-refractivity contribution in [1.29, 1.82) is 0 Å². The van der Waals surface area contributed by atoms with Gasteiger partial charge < -0.3 is 9.84 Å². The molecule has 21 heavy (non-hydrogen) atoms. The molecule has 1 aliphatic rings. The molecule has 1 atom stereocenters. The summed E-state index contributed by atoms with van der Waals surface area (Å²) in [5.41, 5.74) is -0.878. The van der Waals surface area contributed by atoms with E-state index in [4.69, 9.17) is 16.7 Å². The Bertz CT molecular complexity index is 720. The molecule has 1 unspecified atom stereocenters. The molecule has 0 saturated carbocycles. The maximum atomic E-state index is 14.0. The summed E-state index contributed by atoms with van der Waals surface area (Å²) in [6.45, 7) is 0.0461. The Kier molecular flexibility index (Phi) is 4.17. The van der Waals surface area contributed by atoms with Crippen LogP contribution in [-0.4, -0.2) is 38.1 Å². The van der Waals surface area contributed by atoms with Crippen molar-refractivity contribution in [1.82, 2.24) is 4.72 Å². The van der Waals surface area contributed by atoms with Crippen molar-refractivity contribution in [3.8, 4) is 0 Å². The van der Waals surface area contributed by atoms with Crippen LogP contribution in [0.4, 0.5) is 4.39 Å². The van der Waals surface area contributed by atoms with E-state index in [-0.39, 0.29) is 18.1 Å². The van der Waals surface area contributed by atoms with E-state index in [0.717, 1.165) is 12.1 Å². The first kappa shape index (κ1) is 15.7. The minimum absolute atomic E-state index is 0.0461. The van der Waals surface area contributed by atoms with Crippen LogP contribution in [-0.2, 0) is 19.6 Å². The maximum absolute atomic E-state index is 14.0. The third-order valence-corrected chi connectivity index (χ3v) is 4.45. The first-order chi connectivity index (χ1) is 9.72. The highest BCUT2D eigenvalue weighted by Gasteiger charge is 2.33. The fourth-order valence-electron chi connectivity index (χ4n) is 1.77. The van der Waals surface area contributed by atoms with Crippen molar-refractivity contribution < 1.29 is 32.2 Å². The molecule has 0 radical (unpaired) electrons. The van der Waals surface area contributed by atoms with Crippen LogP contribution in [0.25, 0.3) is 0 Å². The minimum Gasteiger partial charge on any atom is -0.478 e. The zero-order chi connectivity index (χ0) is 15.8. The lowest BCUT2D eigenvalue weighted by atomic mass is 10.2. The summed E-state index contributed by atoms with van der Waals surface area (Å²) < 4.78 is 44.7. The SMILES string of the molecule is O=C(O)c1cc(Cl)cc(S(=O)(=O)NC2CCOC2=O)c1F. The highest BCUT2D eigenvalue weighted by atomic mass is 35.5. The first-order valence-corrected chi connectivity index (χ1v) is 7.50. The molecule has 10 heteroatoms. The van der Waals surface area contributed by atoms with E-state index >= 15 is 0 Å². The molecular formula is C11H9ClFNO6S. The average Bonchev–Trinajstić information content (AvgIpc) is 2.76. The van der Waals surface area contributed by atoms with Gasteiger partial charge in [0.1, 0.15) is 10.9 Å². The van der Waals surface area contributed by atoms with Gasteiger partial charge in [-0.05, 0) is 12.1 Å². The van der Waals surface area contributed by atoms with Gasteiger partial charge in [-0.25, -0.2) is 17.6 Å². The van der Waals surface area contributed by atoms with Gasteiger partial charge in [0.05, 0.1) is 12.2 Å². The van der Waals surface area contributed by atoms with Gasteiger partial charge in [0.25, 0.3) is 0 Å². The Balaban J connectivity index is 2.44. The number of sulfonamides is 1. The minimum atomic E-state index is -4.46. The molecule has 1 fully saturated rings. The summed E-state index contributed by atoms with van der Waals surface area (Å²) in [5.74, 6) is -3.89. The number of esters is 1. The summed E-state index contributed by atoms with van der Waals surface area (Å²) in [6, 6.07) is 0.426. The van der Waals surface area contributed by atoms with E-state index in [0.29, 0.717) is 0 Å². The number of hydrogen-bond donors (Lipinski definition) is 2. The van der Waals surface area contributed by atoms with Crippen LogP contribution in [0.15, 0.2) is 17.0 Å². The van der Waals surface area contributed by atoms with E-state index in [1.165, 1.54) is 0 Å². The van der Waals surface area contributed by atoms with Gasteiger partial charge in [-0.1, -0.05) is 11.6 Å². The Morgan fingerprint density at radius 2 is 2.14 bits per heavy atom. The lowest BCUT2D eigenvalue weighted by molar-refractivity contribution is -0.139. The van der Waals surface area contributed by atoms with Crippen LogP contribution >= 0.6 is 11.6 Å². The average molecular weight is 338 g/mol. The standard InChI is InChI=1S/C11H9ClFNO6S/c12-5-3-6(10(15)16)9(13)8(4-5)21(18,19)14-7-1-2-20-11(7)17/h3-4,7,14H,1-2H2,(H,15,16). The van der Waals surface area contributed by atoms with Crippen LogP contribution in [0.2, 0.25) is 5.02 Å². The van der Waals surface area contributed by atoms with Crippen LogP contribution < -0.4 is 4.72 Å². The Hall–Kier alpha value is -1.71. The van der Waals surface area contributed by atoms with Crippen LogP contribution in [0.3, 0.4) is 0 Å². The fraction of sp³-hybridized carbons (Fsp3) is 0.273. The number of nitrogens with one attached hydrogen (secondary N) is 1. The molecule has 0 aromatic heterocycles. The van der Waals surface area contributed by atoms with Crippen molar-refractivity contribution in [2.24, 2.45) is 0 Å². The monoisotopic (exact) mass is 337 g/mol. The first-order valence-electron chi connectivity index (χ1n) is 5.63. The van der Waals surface area contributed by atoms with Crippen molar-refractivity contribution >= 4 is 33.6 Å². The lowest BCUT2D eigenvalue weighted by Gasteiger charge is -2.12. The van der Waals surface area contributed by atoms with Gasteiger partial charge in [-0.15, -0.1) is 0 Å². The van der Waals surface area contributed by atoms with E-state index < -0.39 is 44.3 Å². The number of ether oxygens (including phenoxy) is 1. The molecule has 1 aromatic carbocycles. The number of cyclic esters (lactones) is 1. The number of carbonyl (C=O) groups excluding carboxylic acids is 1. The highest BCUT2D eigenvalue weighted by molar-refractivity contribution is 7.89. The second kappa shape index (κ2) is 5.58. The number of aromatic carboxylic acids is 1. The van der Waals surface area contributed by atoms with E-state index in [1.807, 2.05) is 4.72 Å². The quantitative estimate of drug-likeness (QED) is 0.785. The number of carboxylic acids is 1. The Morgan fingerprint density at radius 3 is 2.67 bits per heavy atom. The lowest BCUT2D eigenvalue weighted by Crippen LogP contribution is -2.38. The van der Waals surface area contributed by atoms with Crippen molar-refractivity contribution in [3.63, 3.8) is 0 Å². The molecule has 1 saturated heterocycles. The van der Waals surface area contributed by atoms with Gasteiger partial charge in [0.15, 0.2) is 5.82 Å². The number of hydrogen-bond acceptors (Lipinski definition) is 5. The van der Waals surface area contributed by atoms with Gasteiger partial charge in [0.2, 0.25) is 10.0 Å². The van der Waals surface area contributed by atoms with Crippen molar-refractivity contribution in [3.05, 3.63) is 28.5 Å². The van der Waals surface area contributed by atoms with Crippen LogP contribution in [0.1, 0.15) is 16.8 Å². The molecule has 1 heterocycles. The summed E-state index contributed by atoms with van der Waals surface area (Å²) in [5, 5.41) is 8.56. The van der Waals surface area contributed by atoms with Gasteiger partial charge in [0, 0.05) is 11.4 Å². The van der Waals surface area contributed by atoms with E-state index in [2.05, 4.69) is 4.74 Å². The molecular weight excluding hydrogens is 329 g/mol. The molecule has 2 rings (SSSR count). The maximum Gasteiger partial charge on any atom is 0.338 e. The molecule has 1 aromatic rings. The molecule has 0 aliphatic carbocycles. The number of rotatable bonds is 4. The van der Waals surface area contributed by atoms with Gasteiger partial charge >= 0.3 is 11.9 Å². The second-order valence-electron chi connectivity index (χ2n) is 4.20. The molecule has 2 N–H and O–H groups in total. The third kappa shape index (κ3) is 3.14. The fourth-order valence-corrected chi connectivity index (χ4v) is 3.40. The molecule has 0 spiro atoms. The number of benzene rings is 1. The molecule has 114 valence electrons. The summed E-state index contributed by atoms with van der Waals surface area (Å²) >= 11 is 5.60. The predicted octanol–water partition coefficient (Wildman–Crippen LogP) is 0.771. The van der Waals surface area contributed by atoms with Crippen molar-refractivity contribution in [2.45, 2.75) is 17.4 Å². The van der Waals surface area contributed by atoms with Gasteiger partial charge in [-0.3, -0.25) is 4.79 Å².